The van der Waals surface area contributed by atoms with Crippen molar-refractivity contribution in [1.29, 1.82) is 0 Å². The molecule has 120 valence electrons. The topological polar surface area (TPSA) is 90.6 Å². The van der Waals surface area contributed by atoms with Crippen molar-refractivity contribution in [3.63, 3.8) is 0 Å². The van der Waals surface area contributed by atoms with E-state index in [1.54, 1.807) is 49.4 Å². The summed E-state index contributed by atoms with van der Waals surface area (Å²) in [6, 6.07) is 12.0. The lowest BCUT2D eigenvalue weighted by atomic mass is 10.1. The predicted molar refractivity (Wildman–Crippen MR) is 87.5 cm³/mol. The molecule has 0 atom stereocenters. The molecule has 3 N–H and O–H groups in total. The molecule has 0 aliphatic rings. The number of nitrogens with one attached hydrogen (secondary N) is 1. The van der Waals surface area contributed by atoms with E-state index in [0.29, 0.717) is 17.1 Å². The molecule has 2 aromatic rings. The van der Waals surface area contributed by atoms with E-state index < -0.39 is 18.5 Å². The van der Waals surface area contributed by atoms with Crippen LogP contribution in [0.4, 0.5) is 11.4 Å². The van der Waals surface area contributed by atoms with Gasteiger partial charge < -0.3 is 20.5 Å². The Labute approximate surface area is 134 Å². The molecule has 1 amide bonds. The molecule has 0 saturated carbocycles. The number of amides is 1. The zero-order valence-corrected chi connectivity index (χ0v) is 13.0. The molecule has 0 unspecified atom stereocenters. The van der Waals surface area contributed by atoms with E-state index in [1.807, 2.05) is 0 Å². The molecule has 2 rings (SSSR count). The van der Waals surface area contributed by atoms with Crippen LogP contribution in [0.3, 0.4) is 0 Å². The largest absolute Gasteiger partial charge is 0.495 e. The van der Waals surface area contributed by atoms with E-state index in [1.165, 1.54) is 7.11 Å². The maximum absolute atomic E-state index is 12.0. The molecule has 0 saturated heterocycles. The van der Waals surface area contributed by atoms with E-state index in [9.17, 15) is 9.59 Å². The first-order chi connectivity index (χ1) is 11.0. The Bertz CT molecular complexity index is 728. The molecule has 0 heterocycles. The van der Waals surface area contributed by atoms with Gasteiger partial charge in [0, 0.05) is 5.69 Å². The van der Waals surface area contributed by atoms with Crippen molar-refractivity contribution in [3.8, 4) is 5.75 Å². The average Bonchev–Trinajstić information content (AvgIpc) is 2.55. The molecule has 6 nitrogen and oxygen atoms in total. The molecular weight excluding hydrogens is 296 g/mol. The number of benzene rings is 2. The Balaban J connectivity index is 1.96. The first kappa shape index (κ1) is 16.4. The number of aryl methyl sites for hydroxylation is 1. The van der Waals surface area contributed by atoms with Gasteiger partial charge in [-0.15, -0.1) is 0 Å². The average molecular weight is 314 g/mol. The van der Waals surface area contributed by atoms with E-state index in [-0.39, 0.29) is 5.56 Å². The van der Waals surface area contributed by atoms with Crippen LogP contribution in [-0.2, 0) is 9.53 Å². The lowest BCUT2D eigenvalue weighted by Gasteiger charge is -2.11. The molecule has 0 bridgehead atoms. The summed E-state index contributed by atoms with van der Waals surface area (Å²) in [6.07, 6.45) is 0. The molecule has 0 radical (unpaired) electrons. The second-order valence-corrected chi connectivity index (χ2v) is 4.86. The Morgan fingerprint density at radius 3 is 2.61 bits per heavy atom. The zero-order chi connectivity index (χ0) is 16.8. The van der Waals surface area contributed by atoms with Crippen LogP contribution in [-0.4, -0.2) is 25.6 Å². The first-order valence-corrected chi connectivity index (χ1v) is 6.98. The van der Waals surface area contributed by atoms with Crippen molar-refractivity contribution < 1.29 is 19.1 Å². The van der Waals surface area contributed by atoms with E-state index in [2.05, 4.69) is 5.32 Å². The molecule has 0 aliphatic carbocycles. The smallest absolute Gasteiger partial charge is 0.340 e. The maximum Gasteiger partial charge on any atom is 0.340 e. The van der Waals surface area contributed by atoms with Gasteiger partial charge in [0.25, 0.3) is 5.91 Å². The van der Waals surface area contributed by atoms with Gasteiger partial charge in [-0.3, -0.25) is 4.79 Å². The third-order valence-electron chi connectivity index (χ3n) is 3.26. The fourth-order valence-corrected chi connectivity index (χ4v) is 2.00. The predicted octanol–water partition coefficient (Wildman–Crippen LogP) is 2.38. The fraction of sp³-hybridized carbons (Fsp3) is 0.176. The SMILES string of the molecule is COc1ccccc1NC(=O)COC(=O)c1cccc(C)c1N. The molecule has 0 spiro atoms. The van der Waals surface area contributed by atoms with E-state index >= 15 is 0 Å². The molecule has 6 heteroatoms. The first-order valence-electron chi connectivity index (χ1n) is 6.98. The molecule has 2 aromatic carbocycles. The van der Waals surface area contributed by atoms with Gasteiger partial charge in [0.15, 0.2) is 6.61 Å². The zero-order valence-electron chi connectivity index (χ0n) is 13.0. The fourth-order valence-electron chi connectivity index (χ4n) is 2.00. The number of nitrogens with two attached hydrogens (primary N) is 1. The highest BCUT2D eigenvalue weighted by Gasteiger charge is 2.15. The van der Waals surface area contributed by atoms with Crippen LogP contribution in [0.25, 0.3) is 0 Å². The normalized spacial score (nSPS) is 10.0. The number of carbonyl (C=O) groups is 2. The van der Waals surface area contributed by atoms with Gasteiger partial charge in [-0.05, 0) is 30.7 Å². The molecular formula is C17H18N2O4. The number of nitrogen functional groups attached to an aromatic ring is 1. The van der Waals surface area contributed by atoms with Gasteiger partial charge >= 0.3 is 5.97 Å². The van der Waals surface area contributed by atoms with Crippen LogP contribution in [0.15, 0.2) is 42.5 Å². The highest BCUT2D eigenvalue weighted by Crippen LogP contribution is 2.23. The standard InChI is InChI=1S/C17H18N2O4/c1-11-6-5-7-12(16(11)18)17(21)23-10-15(20)19-13-8-3-4-9-14(13)22-2/h3-9H,10,18H2,1-2H3,(H,19,20). The van der Waals surface area contributed by atoms with Crippen LogP contribution in [0.1, 0.15) is 15.9 Å². The van der Waals surface area contributed by atoms with Crippen LogP contribution in [0, 0.1) is 6.92 Å². The number of rotatable bonds is 5. The summed E-state index contributed by atoms with van der Waals surface area (Å²) >= 11 is 0. The lowest BCUT2D eigenvalue weighted by molar-refractivity contribution is -0.119. The molecule has 23 heavy (non-hydrogen) atoms. The second-order valence-electron chi connectivity index (χ2n) is 4.86. The van der Waals surface area contributed by atoms with Crippen molar-refractivity contribution in [2.24, 2.45) is 0 Å². The second kappa shape index (κ2) is 7.31. The van der Waals surface area contributed by atoms with Crippen molar-refractivity contribution in [2.45, 2.75) is 6.92 Å². The van der Waals surface area contributed by atoms with Crippen molar-refractivity contribution in [3.05, 3.63) is 53.6 Å². The molecule has 0 aromatic heterocycles. The summed E-state index contributed by atoms with van der Waals surface area (Å²) in [6.45, 7) is 1.38. The van der Waals surface area contributed by atoms with Crippen LogP contribution in [0.5, 0.6) is 5.75 Å². The number of methoxy groups -OCH3 is 1. The highest BCUT2D eigenvalue weighted by atomic mass is 16.5. The summed E-state index contributed by atoms with van der Waals surface area (Å²) in [5.74, 6) is -0.578. The van der Waals surface area contributed by atoms with Gasteiger partial charge in [-0.2, -0.15) is 0 Å². The summed E-state index contributed by atoms with van der Waals surface area (Å²) in [4.78, 5) is 23.9. The maximum atomic E-state index is 12.0. The number of anilines is 2. The molecule has 0 fully saturated rings. The number of ether oxygens (including phenoxy) is 2. The number of hydrogen-bond donors (Lipinski definition) is 2. The van der Waals surface area contributed by atoms with Crippen molar-refractivity contribution >= 4 is 23.3 Å². The summed E-state index contributed by atoms with van der Waals surface area (Å²) in [7, 11) is 1.51. The number of hydrogen-bond acceptors (Lipinski definition) is 5. The Morgan fingerprint density at radius 1 is 1.13 bits per heavy atom. The van der Waals surface area contributed by atoms with Crippen LogP contribution < -0.4 is 15.8 Å². The highest BCUT2D eigenvalue weighted by molar-refractivity contribution is 5.99. The summed E-state index contributed by atoms with van der Waals surface area (Å²) in [5, 5.41) is 2.62. The lowest BCUT2D eigenvalue weighted by Crippen LogP contribution is -2.21. The Hall–Kier alpha value is -3.02. The van der Waals surface area contributed by atoms with Crippen molar-refractivity contribution in [1.82, 2.24) is 0 Å². The molecule has 0 aliphatic heterocycles. The number of para-hydroxylation sites is 3. The van der Waals surface area contributed by atoms with Crippen LogP contribution >= 0.6 is 0 Å². The van der Waals surface area contributed by atoms with E-state index in [0.717, 1.165) is 5.56 Å². The van der Waals surface area contributed by atoms with Crippen LogP contribution in [0.2, 0.25) is 0 Å². The number of esters is 1. The number of carbonyl (C=O) groups excluding carboxylic acids is 2. The van der Waals surface area contributed by atoms with Crippen molar-refractivity contribution in [2.75, 3.05) is 24.8 Å². The summed E-state index contributed by atoms with van der Waals surface area (Å²) in [5.41, 5.74) is 7.71. The van der Waals surface area contributed by atoms with Gasteiger partial charge in [0.05, 0.1) is 18.4 Å². The Morgan fingerprint density at radius 2 is 1.87 bits per heavy atom. The van der Waals surface area contributed by atoms with E-state index in [4.69, 9.17) is 15.2 Å². The third-order valence-corrected chi connectivity index (χ3v) is 3.26. The minimum atomic E-state index is -0.638. The van der Waals surface area contributed by atoms with Gasteiger partial charge in [-0.25, -0.2) is 4.79 Å². The van der Waals surface area contributed by atoms with Gasteiger partial charge in [0.2, 0.25) is 0 Å². The van der Waals surface area contributed by atoms with Gasteiger partial charge in [-0.1, -0.05) is 24.3 Å². The quantitative estimate of drug-likeness (QED) is 0.653. The summed E-state index contributed by atoms with van der Waals surface area (Å²) < 4.78 is 10.1. The monoisotopic (exact) mass is 314 g/mol. The minimum Gasteiger partial charge on any atom is -0.495 e. The minimum absolute atomic E-state index is 0.245. The Kier molecular flexibility index (Phi) is 5.19. The van der Waals surface area contributed by atoms with Gasteiger partial charge in [0.1, 0.15) is 5.75 Å². The third kappa shape index (κ3) is 4.00.